The lowest BCUT2D eigenvalue weighted by Gasteiger charge is -2.46. The largest absolute Gasteiger partial charge is 0.491 e. The zero-order valence-electron chi connectivity index (χ0n) is 42.4. The van der Waals surface area contributed by atoms with E-state index in [-0.39, 0.29) is 32.0 Å². The number of para-hydroxylation sites is 1. The van der Waals surface area contributed by atoms with E-state index in [9.17, 15) is 10.2 Å². The fourth-order valence-corrected chi connectivity index (χ4v) is 12.4. The number of fused-ring (bicyclic) bond motifs is 3. The third kappa shape index (κ3) is 9.14. The number of benzene rings is 5. The van der Waals surface area contributed by atoms with Crippen molar-refractivity contribution in [2.75, 3.05) is 49.2 Å². The molecule has 1 aromatic heterocycles. The first-order valence-electron chi connectivity index (χ1n) is 26.4. The van der Waals surface area contributed by atoms with Crippen LogP contribution >= 0.6 is 0 Å². The van der Waals surface area contributed by atoms with Crippen LogP contribution in [0.3, 0.4) is 0 Å². The van der Waals surface area contributed by atoms with Crippen LogP contribution in [0.4, 0.5) is 16.4 Å². The van der Waals surface area contributed by atoms with Crippen LogP contribution in [0.15, 0.2) is 152 Å². The number of imide groups is 1. The van der Waals surface area contributed by atoms with Crippen LogP contribution in [-0.2, 0) is 24.5 Å². The summed E-state index contributed by atoms with van der Waals surface area (Å²) in [5.41, 5.74) is 0.341. The van der Waals surface area contributed by atoms with E-state index in [1.165, 1.54) is 0 Å². The number of hydrogen-bond donors (Lipinski definition) is 3. The molecule has 3 N–H and O–H groups in total. The van der Waals surface area contributed by atoms with E-state index >= 15 is 19.2 Å². The highest BCUT2D eigenvalue weighted by atomic mass is 16.6. The number of aliphatic hydroxyl groups excluding tert-OH is 1. The van der Waals surface area contributed by atoms with Gasteiger partial charge in [-0.25, -0.2) is 19.7 Å². The van der Waals surface area contributed by atoms with Gasteiger partial charge in [-0.15, -0.1) is 0 Å². The highest BCUT2D eigenvalue weighted by Crippen LogP contribution is 2.67. The zero-order valence-corrected chi connectivity index (χ0v) is 42.4. The topological polar surface area (TPSA) is 178 Å². The number of rotatable bonds is 10. The molecule has 0 bridgehead atoms. The van der Waals surface area contributed by atoms with Crippen molar-refractivity contribution in [3.8, 4) is 17.6 Å². The van der Waals surface area contributed by atoms with E-state index in [4.69, 9.17) is 9.47 Å². The number of urea groups is 1. The number of cyclic esters (lactones) is 1. The van der Waals surface area contributed by atoms with Gasteiger partial charge < -0.3 is 34.8 Å². The van der Waals surface area contributed by atoms with Crippen LogP contribution in [0.2, 0.25) is 0 Å². The lowest BCUT2D eigenvalue weighted by atomic mass is 9.64. The number of anilines is 2. The normalized spacial score (nSPS) is 24.4. The van der Waals surface area contributed by atoms with Crippen molar-refractivity contribution in [2.45, 2.75) is 86.7 Å². The third-order valence-electron chi connectivity index (χ3n) is 15.9. The van der Waals surface area contributed by atoms with Gasteiger partial charge in [-0.3, -0.25) is 19.3 Å². The standard InChI is InChI=1S/C61H61N7O8/c1-41(43-18-7-4-8-19-43)64-59(73)67-48-27-26-42(28-31-60(74)29-15-2-3-16-30-60)40-47(48)61(57(67)72)50(55(70)65-34-36-66(37-35-65)58-62-32-17-33-63-58)52-56(71)76-53(45-22-11-6-12-23-45)51(44-20-9-5-10-21-44)68(52)54(61)46-24-13-14-25-49(46)75-39-38-69/h4-14,17-27,32-33,40-41,50-54,69,74H,2-3,15-16,29-30,34-39H2,1H3,(H,64,73)/t41-,50+,51+,52+,53-,54-,61+/m1/s1. The van der Waals surface area contributed by atoms with Gasteiger partial charge in [0, 0.05) is 49.7 Å². The Morgan fingerprint density at radius 1 is 0.789 bits per heavy atom. The summed E-state index contributed by atoms with van der Waals surface area (Å²) in [6.45, 7) is 2.53. The number of aromatic nitrogens is 2. The van der Waals surface area contributed by atoms with Crippen molar-refractivity contribution < 1.29 is 38.9 Å². The second-order valence-corrected chi connectivity index (χ2v) is 20.4. The van der Waals surface area contributed by atoms with Gasteiger partial charge in [0.05, 0.1) is 36.3 Å². The van der Waals surface area contributed by atoms with Gasteiger partial charge in [-0.2, -0.15) is 0 Å². The second kappa shape index (κ2) is 21.4. The number of morpholine rings is 1. The number of piperazine rings is 1. The summed E-state index contributed by atoms with van der Waals surface area (Å²) in [4.78, 5) is 80.6. The number of aliphatic hydroxyl groups is 2. The Balaban J connectivity index is 1.18. The first-order valence-corrected chi connectivity index (χ1v) is 26.4. The summed E-state index contributed by atoms with van der Waals surface area (Å²) < 4.78 is 13.1. The molecular weight excluding hydrogens is 959 g/mol. The highest BCUT2D eigenvalue weighted by Gasteiger charge is 2.76. The van der Waals surface area contributed by atoms with Crippen molar-refractivity contribution in [3.63, 3.8) is 0 Å². The van der Waals surface area contributed by atoms with E-state index in [0.29, 0.717) is 59.9 Å². The summed E-state index contributed by atoms with van der Waals surface area (Å²) in [5, 5.41) is 25.2. The van der Waals surface area contributed by atoms with Crippen molar-refractivity contribution in [2.24, 2.45) is 5.92 Å². The van der Waals surface area contributed by atoms with Gasteiger partial charge in [-0.05, 0) is 85.2 Å². The molecule has 0 radical (unpaired) electrons. The highest BCUT2D eigenvalue weighted by molar-refractivity contribution is 6.24. The number of ether oxygens (including phenoxy) is 2. The van der Waals surface area contributed by atoms with Gasteiger partial charge in [-0.1, -0.05) is 134 Å². The maximum absolute atomic E-state index is 17.1. The number of amides is 4. The molecule has 15 nitrogen and oxygen atoms in total. The number of hydrogen-bond acceptors (Lipinski definition) is 12. The molecule has 5 aromatic carbocycles. The van der Waals surface area contributed by atoms with Crippen molar-refractivity contribution >= 4 is 35.5 Å². The van der Waals surface area contributed by atoms with E-state index in [0.717, 1.165) is 41.7 Å². The number of nitrogens with one attached hydrogen (secondary N) is 1. The fraction of sp³-hybridized carbons (Fsp3) is 0.344. The van der Waals surface area contributed by atoms with E-state index in [1.54, 1.807) is 53.7 Å². The van der Waals surface area contributed by atoms with E-state index in [1.807, 2.05) is 120 Å². The van der Waals surface area contributed by atoms with Crippen molar-refractivity contribution in [1.82, 2.24) is 25.1 Å². The van der Waals surface area contributed by atoms with Crippen LogP contribution in [-0.4, -0.2) is 105 Å². The first-order chi connectivity index (χ1) is 37.1. The molecule has 1 aliphatic carbocycles. The van der Waals surface area contributed by atoms with Crippen LogP contribution in [0.5, 0.6) is 5.75 Å². The maximum Gasteiger partial charge on any atom is 0.329 e. The molecule has 1 saturated carbocycles. The molecule has 5 heterocycles. The fourth-order valence-electron chi connectivity index (χ4n) is 12.4. The maximum atomic E-state index is 17.1. The molecule has 4 aliphatic heterocycles. The summed E-state index contributed by atoms with van der Waals surface area (Å²) in [6, 6.07) is 37.9. The molecule has 5 aliphatic rings. The van der Waals surface area contributed by atoms with Gasteiger partial charge in [0.15, 0.2) is 0 Å². The Morgan fingerprint density at radius 3 is 2.12 bits per heavy atom. The predicted molar refractivity (Wildman–Crippen MR) is 285 cm³/mol. The molecule has 6 aromatic rings. The molecule has 11 rings (SSSR count). The minimum absolute atomic E-state index is 0.103. The Labute approximate surface area is 442 Å². The Bertz CT molecular complexity index is 3140. The Morgan fingerprint density at radius 2 is 1.43 bits per heavy atom. The summed E-state index contributed by atoms with van der Waals surface area (Å²) in [6.07, 6.45) is 7.06. The minimum atomic E-state index is -2.09. The van der Waals surface area contributed by atoms with E-state index < -0.39 is 71.0 Å². The minimum Gasteiger partial charge on any atom is -0.491 e. The first kappa shape index (κ1) is 50.3. The predicted octanol–water partition coefficient (Wildman–Crippen LogP) is 7.77. The SMILES string of the molecule is C[C@@H](NC(=O)N1C(=O)[C@@]2(c3cc(C#CC4(O)CCCCCC4)ccc31)[C@H](C(=O)N1CCN(c3ncccn3)CC1)[C@H]1C(=O)O[C@H](c3ccccc3)[C@H](c3ccccc3)N1[C@@H]2c1ccccc1OCCO)c1ccccc1. The average Bonchev–Trinajstić information content (AvgIpc) is 3.82. The molecule has 7 atom stereocenters. The molecule has 0 unspecified atom stereocenters. The van der Waals surface area contributed by atoms with Gasteiger partial charge in [0.2, 0.25) is 17.8 Å². The Kier molecular flexibility index (Phi) is 14.1. The monoisotopic (exact) mass is 1020 g/mol. The molecule has 4 fully saturated rings. The second-order valence-electron chi connectivity index (χ2n) is 20.4. The third-order valence-corrected chi connectivity index (χ3v) is 15.9. The molecule has 15 heteroatoms. The smallest absolute Gasteiger partial charge is 0.329 e. The average molecular weight is 1020 g/mol. The zero-order chi connectivity index (χ0) is 52.4. The number of nitrogens with zero attached hydrogens (tertiary/aromatic N) is 6. The molecule has 388 valence electrons. The van der Waals surface area contributed by atoms with Crippen molar-refractivity contribution in [3.05, 3.63) is 185 Å². The Hall–Kier alpha value is -7.90. The van der Waals surface area contributed by atoms with Crippen molar-refractivity contribution in [1.29, 1.82) is 0 Å². The molecular formula is C61H61N7O8. The molecule has 76 heavy (non-hydrogen) atoms. The van der Waals surface area contributed by atoms with E-state index in [2.05, 4.69) is 27.1 Å². The lowest BCUT2D eigenvalue weighted by Crippen LogP contribution is -2.59. The summed E-state index contributed by atoms with van der Waals surface area (Å²) in [5.74, 6) is 3.88. The van der Waals surface area contributed by atoms with Crippen LogP contribution in [0.1, 0.15) is 103 Å². The summed E-state index contributed by atoms with van der Waals surface area (Å²) in [7, 11) is 0. The molecule has 4 amide bonds. The van der Waals surface area contributed by atoms with Gasteiger partial charge in [0.1, 0.15) is 35.5 Å². The van der Waals surface area contributed by atoms with Crippen LogP contribution < -0.4 is 19.9 Å². The quantitative estimate of drug-likeness (QED) is 0.0691. The van der Waals surface area contributed by atoms with Crippen LogP contribution in [0, 0.1) is 17.8 Å². The van der Waals surface area contributed by atoms with Gasteiger partial charge in [0.25, 0.3) is 0 Å². The number of carbonyl (C=O) groups is 4. The van der Waals surface area contributed by atoms with Crippen LogP contribution in [0.25, 0.3) is 0 Å². The number of esters is 1. The van der Waals surface area contributed by atoms with Gasteiger partial charge >= 0.3 is 12.0 Å². The molecule has 1 spiro atoms. The lowest BCUT2D eigenvalue weighted by molar-refractivity contribution is -0.179. The summed E-state index contributed by atoms with van der Waals surface area (Å²) >= 11 is 0. The molecule has 3 saturated heterocycles. The number of carbonyl (C=O) groups excluding carboxylic acids is 4.